The quantitative estimate of drug-likeness (QED) is 0.242. The lowest BCUT2D eigenvalue weighted by Gasteiger charge is -2.16. The first-order valence-electron chi connectivity index (χ1n) is 11.5. The molecule has 0 spiro atoms. The van der Waals surface area contributed by atoms with Crippen LogP contribution in [0.15, 0.2) is 64.5 Å². The molecule has 0 aliphatic heterocycles. The Morgan fingerprint density at radius 2 is 1.82 bits per heavy atom. The number of rotatable bonds is 12. The second-order valence-electron chi connectivity index (χ2n) is 8.42. The molecular formula is C26H33N3O3S. The number of carbonyl (C=O) groups is 1. The van der Waals surface area contributed by atoms with E-state index in [0.29, 0.717) is 35.6 Å². The molecule has 1 amide bonds. The van der Waals surface area contributed by atoms with Crippen LogP contribution in [0.1, 0.15) is 39.2 Å². The standard InChI is InChI=1S/C26H33N3O3S/c1-19(2)32-17-9-16-29-25(31)22-12-7-8-13-23(22)28-26(29)33-18-24(30)27-20(3)14-15-21-10-5-4-6-11-21/h4-8,10-13,19-20H,9,14-18H2,1-3H3,(H,27,30). The number of hydrogen-bond acceptors (Lipinski definition) is 5. The van der Waals surface area contributed by atoms with Crippen molar-refractivity contribution in [1.29, 1.82) is 0 Å². The van der Waals surface area contributed by atoms with E-state index in [1.165, 1.54) is 17.3 Å². The Kier molecular flexibility index (Phi) is 9.51. The van der Waals surface area contributed by atoms with Crippen molar-refractivity contribution < 1.29 is 9.53 Å². The van der Waals surface area contributed by atoms with Crippen molar-refractivity contribution >= 4 is 28.6 Å². The average molecular weight is 468 g/mol. The molecule has 3 aromatic rings. The maximum atomic E-state index is 13.1. The van der Waals surface area contributed by atoms with Crippen LogP contribution in [0, 0.1) is 0 Å². The van der Waals surface area contributed by atoms with Crippen LogP contribution in [0.2, 0.25) is 0 Å². The number of carbonyl (C=O) groups excluding carboxylic acids is 1. The second kappa shape index (κ2) is 12.6. The largest absolute Gasteiger partial charge is 0.379 e. The van der Waals surface area contributed by atoms with E-state index in [9.17, 15) is 9.59 Å². The molecule has 7 heteroatoms. The molecule has 1 aromatic heterocycles. The molecule has 0 radical (unpaired) electrons. The number of ether oxygens (including phenoxy) is 1. The Bertz CT molecular complexity index is 1100. The predicted octanol–water partition coefficient (Wildman–Crippen LogP) is 4.44. The third-order valence-corrected chi connectivity index (χ3v) is 6.23. The summed E-state index contributed by atoms with van der Waals surface area (Å²) in [4.78, 5) is 30.3. The molecule has 3 rings (SSSR count). The van der Waals surface area contributed by atoms with Crippen LogP contribution in [0.5, 0.6) is 0 Å². The van der Waals surface area contributed by atoms with Crippen molar-refractivity contribution in [3.05, 3.63) is 70.5 Å². The van der Waals surface area contributed by atoms with Gasteiger partial charge in [0, 0.05) is 19.2 Å². The molecule has 0 bridgehead atoms. The van der Waals surface area contributed by atoms with Gasteiger partial charge in [-0.1, -0.05) is 54.2 Å². The lowest BCUT2D eigenvalue weighted by atomic mass is 10.1. The third kappa shape index (κ3) is 7.72. The maximum Gasteiger partial charge on any atom is 0.262 e. The van der Waals surface area contributed by atoms with Crippen LogP contribution < -0.4 is 10.9 Å². The molecule has 33 heavy (non-hydrogen) atoms. The van der Waals surface area contributed by atoms with Gasteiger partial charge < -0.3 is 10.1 Å². The molecule has 1 heterocycles. The summed E-state index contributed by atoms with van der Waals surface area (Å²) in [7, 11) is 0. The number of aromatic nitrogens is 2. The van der Waals surface area contributed by atoms with Gasteiger partial charge in [-0.15, -0.1) is 0 Å². The van der Waals surface area contributed by atoms with Crippen molar-refractivity contribution in [2.24, 2.45) is 0 Å². The lowest BCUT2D eigenvalue weighted by molar-refractivity contribution is -0.119. The summed E-state index contributed by atoms with van der Waals surface area (Å²) in [6.07, 6.45) is 2.64. The fraction of sp³-hybridized carbons (Fsp3) is 0.423. The van der Waals surface area contributed by atoms with Crippen LogP contribution in [0.3, 0.4) is 0 Å². The minimum atomic E-state index is -0.0794. The van der Waals surface area contributed by atoms with Gasteiger partial charge in [0.2, 0.25) is 5.91 Å². The van der Waals surface area contributed by atoms with Gasteiger partial charge in [-0.05, 0) is 57.7 Å². The van der Waals surface area contributed by atoms with Gasteiger partial charge in [0.25, 0.3) is 5.56 Å². The Morgan fingerprint density at radius 1 is 1.09 bits per heavy atom. The van der Waals surface area contributed by atoms with Crippen LogP contribution >= 0.6 is 11.8 Å². The minimum absolute atomic E-state index is 0.0577. The summed E-state index contributed by atoms with van der Waals surface area (Å²) in [5.41, 5.74) is 1.83. The Morgan fingerprint density at radius 3 is 2.58 bits per heavy atom. The van der Waals surface area contributed by atoms with Gasteiger partial charge >= 0.3 is 0 Å². The number of benzene rings is 2. The van der Waals surface area contributed by atoms with Crippen molar-refractivity contribution in [3.8, 4) is 0 Å². The summed E-state index contributed by atoms with van der Waals surface area (Å²) in [6, 6.07) is 17.7. The number of nitrogens with zero attached hydrogens (tertiary/aromatic N) is 2. The average Bonchev–Trinajstić information content (AvgIpc) is 2.81. The Balaban J connectivity index is 1.62. The summed E-state index contributed by atoms with van der Waals surface area (Å²) < 4.78 is 7.29. The monoisotopic (exact) mass is 467 g/mol. The molecule has 0 saturated carbocycles. The van der Waals surface area contributed by atoms with E-state index in [1.54, 1.807) is 10.6 Å². The van der Waals surface area contributed by atoms with E-state index >= 15 is 0 Å². The minimum Gasteiger partial charge on any atom is -0.379 e. The summed E-state index contributed by atoms with van der Waals surface area (Å²) >= 11 is 1.30. The summed E-state index contributed by atoms with van der Waals surface area (Å²) in [5, 5.41) is 4.22. The van der Waals surface area contributed by atoms with Gasteiger partial charge in [0.1, 0.15) is 0 Å². The molecule has 0 aliphatic rings. The summed E-state index contributed by atoms with van der Waals surface area (Å²) in [5.74, 6) is 0.154. The lowest BCUT2D eigenvalue weighted by Crippen LogP contribution is -2.34. The molecular weight excluding hydrogens is 434 g/mol. The smallest absolute Gasteiger partial charge is 0.262 e. The first kappa shape index (κ1) is 25.0. The van der Waals surface area contributed by atoms with Crippen LogP contribution in [-0.2, 0) is 22.5 Å². The Hall–Kier alpha value is -2.64. The van der Waals surface area contributed by atoms with E-state index in [2.05, 4.69) is 22.4 Å². The molecule has 1 atom stereocenters. The fourth-order valence-corrected chi connectivity index (χ4v) is 4.38. The van der Waals surface area contributed by atoms with Crippen molar-refractivity contribution in [1.82, 2.24) is 14.9 Å². The highest BCUT2D eigenvalue weighted by Gasteiger charge is 2.14. The van der Waals surface area contributed by atoms with Gasteiger partial charge in [0.05, 0.1) is 22.8 Å². The molecule has 1 N–H and O–H groups in total. The topological polar surface area (TPSA) is 73.2 Å². The predicted molar refractivity (Wildman–Crippen MR) is 135 cm³/mol. The number of amides is 1. The normalized spacial score (nSPS) is 12.2. The van der Waals surface area contributed by atoms with Crippen LogP contribution in [-0.4, -0.2) is 40.0 Å². The fourth-order valence-electron chi connectivity index (χ4n) is 3.54. The van der Waals surface area contributed by atoms with Crippen LogP contribution in [0.25, 0.3) is 10.9 Å². The van der Waals surface area contributed by atoms with E-state index < -0.39 is 0 Å². The molecule has 2 aromatic carbocycles. The number of hydrogen-bond donors (Lipinski definition) is 1. The second-order valence-corrected chi connectivity index (χ2v) is 9.37. The zero-order valence-corrected chi connectivity index (χ0v) is 20.4. The summed E-state index contributed by atoms with van der Waals surface area (Å²) in [6.45, 7) is 7.07. The number of para-hydroxylation sites is 1. The van der Waals surface area contributed by atoms with E-state index in [1.807, 2.05) is 57.2 Å². The zero-order chi connectivity index (χ0) is 23.6. The first-order valence-corrected chi connectivity index (χ1v) is 12.5. The van der Waals surface area contributed by atoms with Crippen molar-refractivity contribution in [3.63, 3.8) is 0 Å². The zero-order valence-electron chi connectivity index (χ0n) is 19.6. The molecule has 1 unspecified atom stereocenters. The number of aryl methyl sites for hydroxylation is 1. The van der Waals surface area contributed by atoms with E-state index in [0.717, 1.165) is 12.8 Å². The molecule has 0 aliphatic carbocycles. The Labute approximate surface area is 199 Å². The van der Waals surface area contributed by atoms with Gasteiger partial charge in [-0.3, -0.25) is 14.2 Å². The van der Waals surface area contributed by atoms with E-state index in [-0.39, 0.29) is 29.4 Å². The molecule has 0 saturated heterocycles. The number of thioether (sulfide) groups is 1. The molecule has 176 valence electrons. The molecule has 6 nitrogen and oxygen atoms in total. The highest BCUT2D eigenvalue weighted by Crippen LogP contribution is 2.18. The van der Waals surface area contributed by atoms with Gasteiger partial charge in [-0.25, -0.2) is 4.98 Å². The highest BCUT2D eigenvalue weighted by atomic mass is 32.2. The third-order valence-electron chi connectivity index (χ3n) is 5.25. The van der Waals surface area contributed by atoms with Crippen molar-refractivity contribution in [2.75, 3.05) is 12.4 Å². The first-order chi connectivity index (χ1) is 15.9. The number of nitrogens with one attached hydrogen (secondary N) is 1. The van der Waals surface area contributed by atoms with Gasteiger partial charge in [-0.2, -0.15) is 0 Å². The maximum absolute atomic E-state index is 13.1. The van der Waals surface area contributed by atoms with Crippen molar-refractivity contribution in [2.45, 2.75) is 63.9 Å². The van der Waals surface area contributed by atoms with E-state index in [4.69, 9.17) is 4.74 Å². The number of fused-ring (bicyclic) bond motifs is 1. The highest BCUT2D eigenvalue weighted by molar-refractivity contribution is 7.99. The van der Waals surface area contributed by atoms with Crippen LogP contribution in [0.4, 0.5) is 0 Å². The SMILES string of the molecule is CC(CCc1ccccc1)NC(=O)CSc1nc2ccccc2c(=O)n1CCCOC(C)C. The molecule has 0 fully saturated rings. The van der Waals surface area contributed by atoms with Gasteiger partial charge in [0.15, 0.2) is 5.16 Å².